The summed E-state index contributed by atoms with van der Waals surface area (Å²) in [6, 6.07) is 20.4. The Balaban J connectivity index is 1.93. The van der Waals surface area contributed by atoms with E-state index in [1.54, 1.807) is 55.6 Å². The molecule has 3 aromatic carbocycles. The lowest BCUT2D eigenvalue weighted by atomic mass is 9.94. The van der Waals surface area contributed by atoms with E-state index in [2.05, 4.69) is 0 Å². The molecule has 32 heavy (non-hydrogen) atoms. The molecule has 1 N–H and O–H groups in total. The Morgan fingerprint density at radius 3 is 2.22 bits per heavy atom. The van der Waals surface area contributed by atoms with Gasteiger partial charge < -0.3 is 14.6 Å². The maximum atomic E-state index is 13.2. The van der Waals surface area contributed by atoms with Crippen LogP contribution in [0.1, 0.15) is 22.7 Å². The molecule has 162 valence electrons. The minimum absolute atomic E-state index is 0.0321. The Bertz CT molecular complexity index is 1210. The topological polar surface area (TPSA) is 76.1 Å². The number of carbonyl (C=O) groups excluding carboxylic acids is 2. The van der Waals surface area contributed by atoms with Crippen molar-refractivity contribution in [3.05, 3.63) is 95.1 Å². The first-order chi connectivity index (χ1) is 15.4. The fraction of sp³-hybridized carbons (Fsp3) is 0.154. The highest BCUT2D eigenvalue weighted by atomic mass is 16.5. The summed E-state index contributed by atoms with van der Waals surface area (Å²) in [5.74, 6) is -0.525. The van der Waals surface area contributed by atoms with Crippen LogP contribution in [0.3, 0.4) is 0 Å². The van der Waals surface area contributed by atoms with Gasteiger partial charge >= 0.3 is 0 Å². The second kappa shape index (κ2) is 8.59. The van der Waals surface area contributed by atoms with Crippen molar-refractivity contribution in [2.45, 2.75) is 13.0 Å². The average Bonchev–Trinajstić information content (AvgIpc) is 3.09. The number of ether oxygens (including phenoxy) is 2. The molecular formula is C26H23NO5. The summed E-state index contributed by atoms with van der Waals surface area (Å²) in [7, 11) is 3.08. The van der Waals surface area contributed by atoms with E-state index in [4.69, 9.17) is 9.47 Å². The molecule has 1 amide bonds. The fourth-order valence-corrected chi connectivity index (χ4v) is 3.92. The van der Waals surface area contributed by atoms with Crippen LogP contribution in [0.2, 0.25) is 0 Å². The summed E-state index contributed by atoms with van der Waals surface area (Å²) in [5, 5.41) is 11.2. The van der Waals surface area contributed by atoms with Gasteiger partial charge in [0.15, 0.2) is 0 Å². The number of aliphatic hydroxyl groups excluding tert-OH is 1. The van der Waals surface area contributed by atoms with Gasteiger partial charge in [0.1, 0.15) is 17.3 Å². The lowest BCUT2D eigenvalue weighted by Gasteiger charge is -2.26. The molecule has 4 rings (SSSR count). The summed E-state index contributed by atoms with van der Waals surface area (Å²) in [6.07, 6.45) is 0. The van der Waals surface area contributed by atoms with Crippen LogP contribution in [0.15, 0.2) is 78.4 Å². The molecule has 1 atom stereocenters. The molecule has 1 aliphatic rings. The van der Waals surface area contributed by atoms with E-state index in [-0.39, 0.29) is 11.3 Å². The van der Waals surface area contributed by atoms with E-state index in [1.165, 1.54) is 12.0 Å². The van der Waals surface area contributed by atoms with Crippen molar-refractivity contribution in [2.75, 3.05) is 19.1 Å². The Morgan fingerprint density at radius 1 is 0.875 bits per heavy atom. The zero-order valence-electron chi connectivity index (χ0n) is 18.0. The SMILES string of the molecule is COc1ccc(N2C(=O)C(=O)/C(=C(\O)c3cccc(OC)c3)C2c2cccc(C)c2)cc1. The molecule has 3 aromatic rings. The Kier molecular flexibility index (Phi) is 5.69. The van der Waals surface area contributed by atoms with E-state index in [1.807, 2.05) is 31.2 Å². The number of aliphatic hydroxyl groups is 1. The van der Waals surface area contributed by atoms with Crippen molar-refractivity contribution < 1.29 is 24.2 Å². The first-order valence-electron chi connectivity index (χ1n) is 10.1. The van der Waals surface area contributed by atoms with Gasteiger partial charge in [-0.2, -0.15) is 0 Å². The maximum absolute atomic E-state index is 13.2. The molecule has 1 heterocycles. The molecule has 6 nitrogen and oxygen atoms in total. The van der Waals surface area contributed by atoms with Crippen LogP contribution in [-0.2, 0) is 9.59 Å². The molecule has 0 aliphatic carbocycles. The zero-order chi connectivity index (χ0) is 22.8. The molecule has 0 radical (unpaired) electrons. The fourth-order valence-electron chi connectivity index (χ4n) is 3.92. The number of anilines is 1. The average molecular weight is 429 g/mol. The number of aryl methyl sites for hydroxylation is 1. The number of carbonyl (C=O) groups is 2. The molecule has 0 bridgehead atoms. The van der Waals surface area contributed by atoms with Gasteiger partial charge in [0.25, 0.3) is 11.7 Å². The Morgan fingerprint density at radius 2 is 1.56 bits per heavy atom. The highest BCUT2D eigenvalue weighted by molar-refractivity contribution is 6.51. The number of ketones is 1. The van der Waals surface area contributed by atoms with Gasteiger partial charge in [0.2, 0.25) is 0 Å². The van der Waals surface area contributed by atoms with Gasteiger partial charge in [-0.1, -0.05) is 42.0 Å². The van der Waals surface area contributed by atoms with Crippen LogP contribution in [-0.4, -0.2) is 31.0 Å². The predicted octanol–water partition coefficient (Wildman–Crippen LogP) is 4.64. The molecule has 0 aromatic heterocycles. The number of amides is 1. The number of methoxy groups -OCH3 is 2. The van der Waals surface area contributed by atoms with Crippen molar-refractivity contribution in [2.24, 2.45) is 0 Å². The summed E-state index contributed by atoms with van der Waals surface area (Å²) >= 11 is 0. The van der Waals surface area contributed by atoms with Crippen LogP contribution in [0.4, 0.5) is 5.69 Å². The van der Waals surface area contributed by atoms with E-state index in [0.29, 0.717) is 22.7 Å². The summed E-state index contributed by atoms with van der Waals surface area (Å²) < 4.78 is 10.5. The van der Waals surface area contributed by atoms with E-state index < -0.39 is 17.7 Å². The summed E-state index contributed by atoms with van der Waals surface area (Å²) in [4.78, 5) is 27.8. The molecule has 0 spiro atoms. The number of benzene rings is 3. The van der Waals surface area contributed by atoms with Crippen molar-refractivity contribution >= 4 is 23.1 Å². The Labute approximate surface area is 186 Å². The van der Waals surface area contributed by atoms with Gasteiger partial charge in [0, 0.05) is 11.3 Å². The van der Waals surface area contributed by atoms with Crippen molar-refractivity contribution in [1.29, 1.82) is 0 Å². The third kappa shape index (κ3) is 3.71. The van der Waals surface area contributed by atoms with Crippen molar-refractivity contribution in [3.8, 4) is 11.5 Å². The summed E-state index contributed by atoms with van der Waals surface area (Å²) in [6.45, 7) is 1.94. The predicted molar refractivity (Wildman–Crippen MR) is 122 cm³/mol. The normalized spacial score (nSPS) is 17.5. The van der Waals surface area contributed by atoms with E-state index in [0.717, 1.165) is 11.1 Å². The van der Waals surface area contributed by atoms with Gasteiger partial charge in [-0.15, -0.1) is 0 Å². The van der Waals surface area contributed by atoms with Crippen LogP contribution in [0, 0.1) is 6.92 Å². The van der Waals surface area contributed by atoms with Crippen LogP contribution in [0.5, 0.6) is 11.5 Å². The molecule has 1 fully saturated rings. The maximum Gasteiger partial charge on any atom is 0.300 e. The lowest BCUT2D eigenvalue weighted by molar-refractivity contribution is -0.132. The molecule has 0 saturated carbocycles. The largest absolute Gasteiger partial charge is 0.507 e. The number of nitrogens with zero attached hydrogens (tertiary/aromatic N) is 1. The second-order valence-corrected chi connectivity index (χ2v) is 7.51. The monoisotopic (exact) mass is 429 g/mol. The van der Waals surface area contributed by atoms with Gasteiger partial charge in [-0.25, -0.2) is 0 Å². The minimum Gasteiger partial charge on any atom is -0.507 e. The van der Waals surface area contributed by atoms with E-state index >= 15 is 0 Å². The van der Waals surface area contributed by atoms with E-state index in [9.17, 15) is 14.7 Å². The smallest absolute Gasteiger partial charge is 0.300 e. The zero-order valence-corrected chi connectivity index (χ0v) is 18.0. The standard InChI is InChI=1S/C26H23NO5/c1-16-6-4-7-17(14-16)23-22(24(28)18-8-5-9-21(15-18)32-3)25(29)26(30)27(23)19-10-12-20(31-2)13-11-19/h4-15,23,28H,1-3H3/b24-22-. The third-order valence-electron chi connectivity index (χ3n) is 5.50. The summed E-state index contributed by atoms with van der Waals surface area (Å²) in [5.41, 5.74) is 2.66. The first-order valence-corrected chi connectivity index (χ1v) is 10.1. The van der Waals surface area contributed by atoms with Gasteiger partial charge in [-0.05, 0) is 48.9 Å². The van der Waals surface area contributed by atoms with Crippen LogP contribution < -0.4 is 14.4 Å². The van der Waals surface area contributed by atoms with Gasteiger partial charge in [0.05, 0.1) is 25.8 Å². The third-order valence-corrected chi connectivity index (χ3v) is 5.50. The number of rotatable bonds is 5. The number of hydrogen-bond donors (Lipinski definition) is 1. The minimum atomic E-state index is -0.783. The molecule has 1 unspecified atom stereocenters. The Hall–Kier alpha value is -4.06. The van der Waals surface area contributed by atoms with Crippen molar-refractivity contribution in [1.82, 2.24) is 0 Å². The molecular weight excluding hydrogens is 406 g/mol. The van der Waals surface area contributed by atoms with Crippen LogP contribution >= 0.6 is 0 Å². The highest BCUT2D eigenvalue weighted by Gasteiger charge is 2.47. The highest BCUT2D eigenvalue weighted by Crippen LogP contribution is 2.42. The molecule has 6 heteroatoms. The molecule has 1 saturated heterocycles. The first kappa shape index (κ1) is 21.2. The van der Waals surface area contributed by atoms with Crippen molar-refractivity contribution in [3.63, 3.8) is 0 Å². The van der Waals surface area contributed by atoms with Gasteiger partial charge in [-0.3, -0.25) is 14.5 Å². The number of Topliss-reactive ketones (excluding diaryl/α,β-unsaturated/α-hetero) is 1. The number of hydrogen-bond acceptors (Lipinski definition) is 5. The second-order valence-electron chi connectivity index (χ2n) is 7.51. The lowest BCUT2D eigenvalue weighted by Crippen LogP contribution is -2.29. The van der Waals surface area contributed by atoms with Crippen LogP contribution in [0.25, 0.3) is 5.76 Å². The molecule has 1 aliphatic heterocycles. The quantitative estimate of drug-likeness (QED) is 0.363.